The summed E-state index contributed by atoms with van der Waals surface area (Å²) in [5.74, 6) is -0.300. The lowest BCUT2D eigenvalue weighted by Crippen LogP contribution is -2.33. The molecule has 0 saturated heterocycles. The van der Waals surface area contributed by atoms with Crippen LogP contribution in [-0.2, 0) is 5.60 Å². The maximum atomic E-state index is 12.8. The van der Waals surface area contributed by atoms with Gasteiger partial charge in [0, 0.05) is 37.0 Å². The summed E-state index contributed by atoms with van der Waals surface area (Å²) in [7, 11) is 2.06. The summed E-state index contributed by atoms with van der Waals surface area (Å²) in [6.07, 6.45) is 10.2. The number of amides is 1. The lowest BCUT2D eigenvalue weighted by atomic mass is 9.76. The van der Waals surface area contributed by atoms with Gasteiger partial charge in [-0.15, -0.1) is 0 Å². The third-order valence-electron chi connectivity index (χ3n) is 7.43. The second-order valence-electron chi connectivity index (χ2n) is 10.3. The SMILES string of the molecule is CN1C=C2CC1CC2(O)c1ccc(NC(=O)c2ncc(C#N)[nH]2)c(C2=CCC(C)(C)CC2)c1. The molecule has 5 rings (SSSR count). The Morgan fingerprint density at radius 3 is 2.82 bits per heavy atom. The van der Waals surface area contributed by atoms with Crippen molar-refractivity contribution >= 4 is 17.2 Å². The molecule has 7 heteroatoms. The molecule has 2 unspecified atom stereocenters. The van der Waals surface area contributed by atoms with Crippen molar-refractivity contribution in [3.63, 3.8) is 0 Å². The summed E-state index contributed by atoms with van der Waals surface area (Å²) in [6.45, 7) is 4.54. The van der Waals surface area contributed by atoms with E-state index in [0.29, 0.717) is 18.2 Å². The van der Waals surface area contributed by atoms with Crippen LogP contribution < -0.4 is 5.32 Å². The third-order valence-corrected chi connectivity index (χ3v) is 7.43. The van der Waals surface area contributed by atoms with Crippen molar-refractivity contribution in [2.75, 3.05) is 12.4 Å². The van der Waals surface area contributed by atoms with Crippen LogP contribution in [0.15, 0.2) is 42.2 Å². The van der Waals surface area contributed by atoms with Crippen LogP contribution in [-0.4, -0.2) is 39.0 Å². The van der Waals surface area contributed by atoms with Gasteiger partial charge in [-0.3, -0.25) is 4.79 Å². The molecule has 0 radical (unpaired) electrons. The summed E-state index contributed by atoms with van der Waals surface area (Å²) >= 11 is 0. The first-order valence-corrected chi connectivity index (χ1v) is 11.4. The van der Waals surface area contributed by atoms with E-state index >= 15 is 0 Å². The molecule has 2 heterocycles. The minimum atomic E-state index is -0.967. The number of hydrogen-bond donors (Lipinski definition) is 3. The largest absolute Gasteiger partial charge is 0.381 e. The van der Waals surface area contributed by atoms with E-state index in [2.05, 4.69) is 53.4 Å². The molecule has 1 fully saturated rings. The summed E-state index contributed by atoms with van der Waals surface area (Å²) < 4.78 is 0. The highest BCUT2D eigenvalue weighted by Crippen LogP contribution is 2.50. The molecule has 33 heavy (non-hydrogen) atoms. The number of benzene rings is 1. The Labute approximate surface area is 193 Å². The van der Waals surface area contributed by atoms with Crippen molar-refractivity contribution in [3.8, 4) is 6.07 Å². The number of carbonyl (C=O) groups excluding carboxylic acids is 1. The molecule has 1 amide bonds. The molecule has 1 aliphatic heterocycles. The second kappa shape index (κ2) is 7.60. The molecular formula is C26H29N5O2. The molecule has 2 atom stereocenters. The summed E-state index contributed by atoms with van der Waals surface area (Å²) in [5.41, 5.74) is 4.25. The van der Waals surface area contributed by atoms with Gasteiger partial charge in [0.25, 0.3) is 5.91 Å². The average Bonchev–Trinajstić information content (AvgIpc) is 3.49. The van der Waals surface area contributed by atoms with Crippen molar-refractivity contribution in [2.45, 2.75) is 57.6 Å². The topological polar surface area (TPSA) is 105 Å². The van der Waals surface area contributed by atoms with E-state index in [1.807, 2.05) is 24.3 Å². The zero-order chi connectivity index (χ0) is 23.4. The van der Waals surface area contributed by atoms with Crippen LogP contribution in [0.3, 0.4) is 0 Å². The number of aliphatic hydroxyl groups is 1. The number of nitrogens with one attached hydrogen (secondary N) is 2. The molecule has 2 aromatic rings. The third kappa shape index (κ3) is 3.75. The number of rotatable bonds is 4. The number of fused-ring (bicyclic) bond motifs is 2. The lowest BCUT2D eigenvalue weighted by molar-refractivity contribution is 0.0611. The van der Waals surface area contributed by atoms with Crippen LogP contribution in [0.2, 0.25) is 0 Å². The number of imidazole rings is 1. The minimum Gasteiger partial charge on any atom is -0.381 e. The van der Waals surface area contributed by atoms with Gasteiger partial charge in [0.1, 0.15) is 17.4 Å². The maximum absolute atomic E-state index is 12.8. The first-order chi connectivity index (χ1) is 15.7. The molecule has 3 N–H and O–H groups in total. The van der Waals surface area contributed by atoms with E-state index in [4.69, 9.17) is 5.26 Å². The molecule has 2 bridgehead atoms. The van der Waals surface area contributed by atoms with Gasteiger partial charge in [0.2, 0.25) is 0 Å². The van der Waals surface area contributed by atoms with Crippen LogP contribution in [0.1, 0.15) is 73.4 Å². The number of aromatic nitrogens is 2. The van der Waals surface area contributed by atoms with Crippen molar-refractivity contribution in [1.82, 2.24) is 14.9 Å². The summed E-state index contributed by atoms with van der Waals surface area (Å²) in [5, 5.41) is 23.6. The molecule has 1 aromatic heterocycles. The van der Waals surface area contributed by atoms with Gasteiger partial charge < -0.3 is 20.3 Å². The lowest BCUT2D eigenvalue weighted by Gasteiger charge is -2.33. The summed E-state index contributed by atoms with van der Waals surface area (Å²) in [6, 6.07) is 8.12. The van der Waals surface area contributed by atoms with Gasteiger partial charge >= 0.3 is 0 Å². The molecule has 2 aliphatic carbocycles. The Kier molecular flexibility index (Phi) is 4.95. The number of nitrogens with zero attached hydrogens (tertiary/aromatic N) is 3. The molecule has 1 saturated carbocycles. The van der Waals surface area contributed by atoms with Crippen molar-refractivity contribution in [2.24, 2.45) is 5.41 Å². The first kappa shape index (κ1) is 21.5. The molecule has 7 nitrogen and oxygen atoms in total. The predicted molar refractivity (Wildman–Crippen MR) is 126 cm³/mol. The first-order valence-electron chi connectivity index (χ1n) is 11.4. The van der Waals surface area contributed by atoms with E-state index in [1.54, 1.807) is 0 Å². The second-order valence-corrected chi connectivity index (χ2v) is 10.3. The number of carbonyl (C=O) groups is 1. The maximum Gasteiger partial charge on any atom is 0.291 e. The van der Waals surface area contributed by atoms with Gasteiger partial charge in [-0.25, -0.2) is 4.98 Å². The van der Waals surface area contributed by atoms with Gasteiger partial charge in [0.15, 0.2) is 5.82 Å². The fraction of sp³-hybridized carbons (Fsp3) is 0.423. The molecule has 3 aliphatic rings. The molecule has 1 aromatic carbocycles. The molecule has 170 valence electrons. The van der Waals surface area contributed by atoms with Crippen LogP contribution in [0.25, 0.3) is 5.57 Å². The van der Waals surface area contributed by atoms with Gasteiger partial charge in [-0.1, -0.05) is 26.0 Å². The monoisotopic (exact) mass is 443 g/mol. The van der Waals surface area contributed by atoms with Crippen molar-refractivity contribution < 1.29 is 9.90 Å². The Morgan fingerprint density at radius 1 is 1.39 bits per heavy atom. The van der Waals surface area contributed by atoms with Crippen molar-refractivity contribution in [3.05, 3.63) is 64.9 Å². The Hall–Kier alpha value is -3.37. The quantitative estimate of drug-likeness (QED) is 0.653. The van der Waals surface area contributed by atoms with E-state index in [-0.39, 0.29) is 16.9 Å². The number of anilines is 1. The highest BCUT2D eigenvalue weighted by Gasteiger charge is 2.48. The fourth-order valence-electron chi connectivity index (χ4n) is 5.24. The Bertz CT molecular complexity index is 1230. The Balaban J connectivity index is 1.52. The number of nitriles is 1. The van der Waals surface area contributed by atoms with Gasteiger partial charge in [-0.2, -0.15) is 5.26 Å². The minimum absolute atomic E-state index is 0.0975. The zero-order valence-corrected chi connectivity index (χ0v) is 19.3. The number of hydrogen-bond acceptors (Lipinski definition) is 5. The number of H-pyrrole nitrogens is 1. The Morgan fingerprint density at radius 2 is 2.21 bits per heavy atom. The van der Waals surface area contributed by atoms with Gasteiger partial charge in [-0.05, 0) is 59.9 Å². The molecular weight excluding hydrogens is 414 g/mol. The van der Waals surface area contributed by atoms with Crippen LogP contribution in [0.5, 0.6) is 0 Å². The van der Waals surface area contributed by atoms with Gasteiger partial charge in [0.05, 0.1) is 6.20 Å². The zero-order valence-electron chi connectivity index (χ0n) is 19.3. The van der Waals surface area contributed by atoms with Crippen molar-refractivity contribution in [1.29, 1.82) is 5.26 Å². The summed E-state index contributed by atoms with van der Waals surface area (Å²) in [4.78, 5) is 21.8. The standard InChI is InChI=1S/C26H29N5O2/c1-25(2)8-6-16(7-9-25)21-11-17(26(33)12-20-10-18(26)15-31(20)3)4-5-22(21)30-24(32)23-28-14-19(13-27)29-23/h4-6,11,14-15,20,33H,7-10,12H2,1-3H3,(H,28,29)(H,30,32). The predicted octanol–water partition coefficient (Wildman–Crippen LogP) is 4.31. The van der Waals surface area contributed by atoms with E-state index in [1.165, 1.54) is 11.8 Å². The smallest absolute Gasteiger partial charge is 0.291 e. The van der Waals surface area contributed by atoms with E-state index in [0.717, 1.165) is 42.4 Å². The van der Waals surface area contributed by atoms with Crippen LogP contribution >= 0.6 is 0 Å². The number of allylic oxidation sites excluding steroid dienone is 2. The normalized spacial score (nSPS) is 25.4. The highest BCUT2D eigenvalue weighted by molar-refractivity contribution is 6.03. The van der Waals surface area contributed by atoms with E-state index in [9.17, 15) is 9.90 Å². The van der Waals surface area contributed by atoms with Crippen LogP contribution in [0.4, 0.5) is 5.69 Å². The number of aromatic amines is 1. The average molecular weight is 444 g/mol. The highest BCUT2D eigenvalue weighted by atomic mass is 16.3. The fourth-order valence-corrected chi connectivity index (χ4v) is 5.24. The molecule has 0 spiro atoms. The van der Waals surface area contributed by atoms with Crippen LogP contribution in [0, 0.1) is 16.7 Å². The van der Waals surface area contributed by atoms with E-state index < -0.39 is 11.5 Å².